The van der Waals surface area contributed by atoms with Crippen LogP contribution in [0, 0.1) is 0 Å². The first kappa shape index (κ1) is 35.9. The second kappa shape index (κ2) is 16.5. The van der Waals surface area contributed by atoms with Gasteiger partial charge >= 0.3 is 56.6 Å². The van der Waals surface area contributed by atoms with Gasteiger partial charge in [0, 0.05) is 12.5 Å². The number of nitrogen functional groups attached to an aromatic ring is 1. The Kier molecular flexibility index (Phi) is 17.4. The molecule has 1 aliphatic heterocycles. The number of anilines is 1. The summed E-state index contributed by atoms with van der Waals surface area (Å²) in [4.78, 5) is 22.8. The number of carbonyl (C=O) groups is 1. The van der Waals surface area contributed by atoms with E-state index in [0.29, 0.717) is 22.7 Å². The minimum atomic E-state index is -2.92. The Morgan fingerprint density at radius 3 is 2.38 bits per heavy atom. The van der Waals surface area contributed by atoms with Crippen LogP contribution in [-0.2, 0) is 20.4 Å². The molecule has 0 bridgehead atoms. The number of rotatable bonds is 7. The van der Waals surface area contributed by atoms with Gasteiger partial charge in [-0.05, 0) is 10.9 Å². The van der Waals surface area contributed by atoms with E-state index in [1.165, 1.54) is 17.2 Å². The number of hydrogen-bond acceptors (Lipinski definition) is 13. The Morgan fingerprint density at radius 2 is 1.82 bits per heavy atom. The summed E-state index contributed by atoms with van der Waals surface area (Å²) in [6, 6.07) is -1.02. The zero-order valence-corrected chi connectivity index (χ0v) is 20.3. The summed E-state index contributed by atoms with van der Waals surface area (Å²) in [5, 5.41) is 56.8. The molecule has 1 aliphatic rings. The normalized spacial score (nSPS) is 22.8. The van der Waals surface area contributed by atoms with E-state index in [1.54, 1.807) is 0 Å². The molecule has 1 fully saturated rings. The molecule has 2 aromatic heterocycles. The van der Waals surface area contributed by atoms with Crippen molar-refractivity contribution in [1.29, 1.82) is 0 Å². The molecule has 0 amide bonds. The van der Waals surface area contributed by atoms with Gasteiger partial charge in [0.25, 0.3) is 0 Å². The summed E-state index contributed by atoms with van der Waals surface area (Å²) in [6.45, 7) is 0. The van der Waals surface area contributed by atoms with E-state index < -0.39 is 43.9 Å². The molecule has 1 unspecified atom stereocenters. The molecule has 2 aromatic rings. The molecule has 0 spiro atoms. The van der Waals surface area contributed by atoms with Crippen LogP contribution >= 0.6 is 0 Å². The number of carbonyl (C=O) groups excluding carboxylic acids is 1. The number of hydrogen-bond donors (Lipinski definition) is 4. The van der Waals surface area contributed by atoms with E-state index >= 15 is 0 Å². The number of aromatic nitrogens is 4. The van der Waals surface area contributed by atoms with Crippen LogP contribution in [-0.4, -0.2) is 85.1 Å². The van der Waals surface area contributed by atoms with Gasteiger partial charge in [0.2, 0.25) is 0 Å². The monoisotopic (exact) mass is 478 g/mol. The van der Waals surface area contributed by atoms with Crippen LogP contribution in [0.4, 0.5) is 5.82 Å². The van der Waals surface area contributed by atoms with Crippen LogP contribution < -0.4 is 88.2 Å². The number of aliphatic hydroxyl groups is 2. The Hall–Kier alpha value is -0.253. The van der Waals surface area contributed by atoms with Crippen LogP contribution in [0.15, 0.2) is 12.7 Å². The summed E-state index contributed by atoms with van der Waals surface area (Å²) >= 11 is 0. The number of ether oxygens (including phenoxy) is 1. The van der Waals surface area contributed by atoms with Crippen LogP contribution in [0.3, 0.4) is 0 Å². The zero-order chi connectivity index (χ0) is 23.3. The maximum absolute atomic E-state index is 10.7. The molecule has 172 valence electrons. The van der Waals surface area contributed by atoms with Crippen molar-refractivity contribution in [2.75, 3.05) is 23.5 Å². The van der Waals surface area contributed by atoms with Gasteiger partial charge in [0.05, 0.1) is 18.6 Å². The zero-order valence-electron chi connectivity index (χ0n) is 19.4. The van der Waals surface area contributed by atoms with E-state index in [4.69, 9.17) is 31.3 Å². The van der Waals surface area contributed by atoms with Crippen molar-refractivity contribution >= 4 is 41.2 Å². The van der Waals surface area contributed by atoms with E-state index in [2.05, 4.69) is 15.0 Å². The number of nitrogens with zero attached hydrogens (tertiary/aromatic N) is 4. The molecule has 19 heteroatoms. The summed E-state index contributed by atoms with van der Waals surface area (Å²) in [5.41, 5.74) is 12.0. The van der Waals surface area contributed by atoms with Gasteiger partial charge < -0.3 is 51.4 Å². The second-order valence-corrected chi connectivity index (χ2v) is 9.09. The fourth-order valence-electron chi connectivity index (χ4n) is 2.96. The Labute approximate surface area is 234 Å². The van der Waals surface area contributed by atoms with Crippen molar-refractivity contribution < 1.29 is 96.5 Å². The summed E-state index contributed by atoms with van der Waals surface area (Å²) in [7, 11) is -3.18. The summed E-state index contributed by atoms with van der Waals surface area (Å²) in [5.74, 6) is -0.0611. The van der Waals surface area contributed by atoms with Crippen molar-refractivity contribution in [3.63, 3.8) is 0 Å². The molecule has 0 aromatic carbocycles. The quantitative estimate of drug-likeness (QED) is 0.213. The molecule has 1 saturated heterocycles. The number of carboxylic acids is 1. The molecule has 3 heterocycles. The number of carboxylic acid groups (broad SMARTS) is 1. The molecular formula is C15H22BLi3N6O8S. The molecular weight excluding hydrogens is 456 g/mol. The fraction of sp³-hybridized carbons (Fsp3) is 0.600. The average Bonchev–Trinajstić information content (AvgIpc) is 3.23. The number of fused-ring (bicyclic) bond motifs is 1. The molecule has 0 saturated carbocycles. The average molecular weight is 478 g/mol. The van der Waals surface area contributed by atoms with Gasteiger partial charge in [-0.3, -0.25) is 11.9 Å². The van der Waals surface area contributed by atoms with Crippen molar-refractivity contribution in [2.45, 2.75) is 37.0 Å². The van der Waals surface area contributed by atoms with E-state index in [9.17, 15) is 20.1 Å². The number of nitrogens with two attached hydrogens (primary N) is 2. The predicted molar refractivity (Wildman–Crippen MR) is 102 cm³/mol. The molecule has 34 heavy (non-hydrogen) atoms. The SMILES string of the molecule is C[S+](CC[C@H](N)C(=O)[O-])C[C@H]1O[C@@H](n2cnc3c(N)ncnc32)[C@H](O)[C@@H]1O.[Li+].[Li+].[Li+].[O-]B([O-])[O-]. The number of imidazole rings is 1. The topological polar surface area (TPSA) is 255 Å². The first-order chi connectivity index (χ1) is 14.5. The van der Waals surface area contributed by atoms with Gasteiger partial charge in [-0.1, -0.05) is 0 Å². The molecule has 14 nitrogen and oxygen atoms in total. The Bertz CT molecular complexity index is 887. The largest absolute Gasteiger partial charge is 1.00 e. The summed E-state index contributed by atoms with van der Waals surface area (Å²) < 4.78 is 7.39. The third-order valence-electron chi connectivity index (χ3n) is 4.53. The summed E-state index contributed by atoms with van der Waals surface area (Å²) in [6.07, 6.45) is 1.17. The van der Waals surface area contributed by atoms with Gasteiger partial charge in [-0.2, -0.15) is 0 Å². The van der Waals surface area contributed by atoms with Gasteiger partial charge in [0.1, 0.15) is 41.7 Å². The third kappa shape index (κ3) is 9.66. The number of aliphatic hydroxyl groups excluding tert-OH is 2. The third-order valence-corrected chi connectivity index (χ3v) is 6.36. The predicted octanol–water partition coefficient (Wildman–Crippen LogP) is -16.2. The Balaban J connectivity index is 0. The van der Waals surface area contributed by atoms with Crippen molar-refractivity contribution in [3.8, 4) is 0 Å². The smallest absolute Gasteiger partial charge is 0.907 e. The minimum Gasteiger partial charge on any atom is -0.907 e. The van der Waals surface area contributed by atoms with Gasteiger partial charge in [-0.25, -0.2) is 15.0 Å². The number of aliphatic carboxylic acids is 1. The maximum Gasteiger partial charge on any atom is 1.00 e. The van der Waals surface area contributed by atoms with Gasteiger partial charge in [-0.15, -0.1) is 0 Å². The standard InChI is InChI=1S/C15H22N6O5S.BO3.3Li/c1-27(3-2-7(16)15(24)25)4-8-10(22)11(23)14(26-8)21-6-20-9-12(17)18-5-19-13(9)21;2-1(3)4;;;/h5-8,10-11,14,22-23H,2-4,16H2,1H3,(H2-,17,18,19,24,25);;;;/q;-3;3*+1/t7-,8+,10+,11+,14+,27?;;;;/m0..../s1. The maximum atomic E-state index is 10.7. The van der Waals surface area contributed by atoms with E-state index in [0.717, 1.165) is 0 Å². The minimum absolute atomic E-state index is 0. The van der Waals surface area contributed by atoms with Crippen LogP contribution in [0.1, 0.15) is 12.6 Å². The van der Waals surface area contributed by atoms with Crippen molar-refractivity contribution in [1.82, 2.24) is 19.5 Å². The fourth-order valence-corrected chi connectivity index (χ4v) is 4.62. The van der Waals surface area contributed by atoms with Crippen LogP contribution in [0.25, 0.3) is 11.2 Å². The Morgan fingerprint density at radius 1 is 1.24 bits per heavy atom. The van der Waals surface area contributed by atoms with E-state index in [-0.39, 0.29) is 79.7 Å². The molecule has 6 N–H and O–H groups in total. The van der Waals surface area contributed by atoms with Crippen LogP contribution in [0.2, 0.25) is 0 Å². The van der Waals surface area contributed by atoms with Crippen molar-refractivity contribution in [2.24, 2.45) is 5.73 Å². The van der Waals surface area contributed by atoms with Gasteiger partial charge in [0.15, 0.2) is 17.7 Å². The molecule has 3 rings (SSSR count). The second-order valence-electron chi connectivity index (χ2n) is 6.78. The van der Waals surface area contributed by atoms with E-state index in [1.807, 2.05) is 6.26 Å². The molecule has 0 radical (unpaired) electrons. The van der Waals surface area contributed by atoms with Crippen molar-refractivity contribution in [3.05, 3.63) is 12.7 Å². The first-order valence-electron chi connectivity index (χ1n) is 9.00. The molecule has 6 atom stereocenters. The van der Waals surface area contributed by atoms with Crippen LogP contribution in [0.5, 0.6) is 0 Å². The molecule has 0 aliphatic carbocycles. The first-order valence-corrected chi connectivity index (χ1v) is 11.0.